The number of hydrogen-bond donors (Lipinski definition) is 1. The lowest BCUT2D eigenvalue weighted by molar-refractivity contribution is 0.0656. The van der Waals surface area contributed by atoms with Crippen LogP contribution in [0.5, 0.6) is 5.75 Å². The van der Waals surface area contributed by atoms with Gasteiger partial charge in [0, 0.05) is 13.1 Å². The molecule has 23 heavy (non-hydrogen) atoms. The Hall–Kier alpha value is -1.91. The van der Waals surface area contributed by atoms with Gasteiger partial charge in [-0.05, 0) is 42.8 Å². The molecule has 2 rings (SSSR count). The molecule has 0 aliphatic heterocycles. The van der Waals surface area contributed by atoms with Crippen LogP contribution in [-0.4, -0.2) is 35.8 Å². The van der Waals surface area contributed by atoms with Crippen molar-refractivity contribution in [1.29, 1.82) is 0 Å². The van der Waals surface area contributed by atoms with Crippen LogP contribution in [0.1, 0.15) is 18.9 Å². The SMILES string of the molecule is CCCN(Cc1ccc(F)cc1)C[C@@H](O)COc1ccccc1. The standard InChI is InChI=1S/C19H24FNO2/c1-2-12-21(13-16-8-10-17(20)11-9-16)14-18(22)15-23-19-6-4-3-5-7-19/h3-11,18,22H,2,12-15H2,1H3/t18-/m1/s1. The van der Waals surface area contributed by atoms with Gasteiger partial charge in [-0.25, -0.2) is 4.39 Å². The first-order chi connectivity index (χ1) is 11.2. The van der Waals surface area contributed by atoms with Gasteiger partial charge < -0.3 is 9.84 Å². The van der Waals surface area contributed by atoms with Crippen LogP contribution in [-0.2, 0) is 6.54 Å². The fourth-order valence-electron chi connectivity index (χ4n) is 2.46. The minimum atomic E-state index is -0.567. The maximum atomic E-state index is 13.0. The van der Waals surface area contributed by atoms with Crippen LogP contribution in [0.25, 0.3) is 0 Å². The molecule has 0 spiro atoms. The molecule has 124 valence electrons. The first-order valence-electron chi connectivity index (χ1n) is 8.00. The second-order valence-corrected chi connectivity index (χ2v) is 5.64. The van der Waals surface area contributed by atoms with Gasteiger partial charge in [0.25, 0.3) is 0 Å². The molecule has 0 unspecified atom stereocenters. The van der Waals surface area contributed by atoms with Crippen LogP contribution >= 0.6 is 0 Å². The van der Waals surface area contributed by atoms with Crippen molar-refractivity contribution in [2.24, 2.45) is 0 Å². The van der Waals surface area contributed by atoms with E-state index in [1.807, 2.05) is 30.3 Å². The topological polar surface area (TPSA) is 32.7 Å². The molecule has 1 N–H and O–H groups in total. The Bertz CT molecular complexity index is 559. The fourth-order valence-corrected chi connectivity index (χ4v) is 2.46. The third kappa shape index (κ3) is 6.38. The second kappa shape index (κ2) is 9.28. The Morgan fingerprint density at radius 1 is 1.09 bits per heavy atom. The summed E-state index contributed by atoms with van der Waals surface area (Å²) in [5.74, 6) is 0.527. The number of rotatable bonds is 9. The molecule has 0 fully saturated rings. The molecule has 4 heteroatoms. The Labute approximate surface area is 137 Å². The van der Waals surface area contributed by atoms with Gasteiger partial charge in [0.05, 0.1) is 0 Å². The number of aliphatic hydroxyl groups excluding tert-OH is 1. The number of aliphatic hydroxyl groups is 1. The summed E-state index contributed by atoms with van der Waals surface area (Å²) in [6.07, 6.45) is 0.426. The lowest BCUT2D eigenvalue weighted by Crippen LogP contribution is -2.35. The van der Waals surface area contributed by atoms with E-state index in [1.54, 1.807) is 12.1 Å². The van der Waals surface area contributed by atoms with Gasteiger partial charge in [0.15, 0.2) is 0 Å². The van der Waals surface area contributed by atoms with Gasteiger partial charge >= 0.3 is 0 Å². The van der Waals surface area contributed by atoms with Crippen LogP contribution in [0.15, 0.2) is 54.6 Å². The molecule has 0 saturated heterocycles. The quantitative estimate of drug-likeness (QED) is 0.768. The molecule has 0 saturated carbocycles. The average Bonchev–Trinajstić information content (AvgIpc) is 2.56. The zero-order valence-corrected chi connectivity index (χ0v) is 13.5. The van der Waals surface area contributed by atoms with Crippen LogP contribution in [0.4, 0.5) is 4.39 Å². The molecule has 2 aromatic rings. The Kier molecular flexibility index (Phi) is 7.04. The van der Waals surface area contributed by atoms with Crippen LogP contribution < -0.4 is 4.74 Å². The molecule has 3 nitrogen and oxygen atoms in total. The van der Waals surface area contributed by atoms with E-state index in [9.17, 15) is 9.50 Å². The van der Waals surface area contributed by atoms with Crippen LogP contribution in [0, 0.1) is 5.82 Å². The van der Waals surface area contributed by atoms with Gasteiger partial charge in [-0.3, -0.25) is 4.90 Å². The van der Waals surface area contributed by atoms with Gasteiger partial charge in [-0.15, -0.1) is 0 Å². The molecule has 0 radical (unpaired) electrons. The summed E-state index contributed by atoms with van der Waals surface area (Å²) < 4.78 is 18.6. The van der Waals surface area contributed by atoms with E-state index in [2.05, 4.69) is 11.8 Å². The Balaban J connectivity index is 1.84. The molecule has 0 aliphatic rings. The van der Waals surface area contributed by atoms with Gasteiger partial charge in [0.2, 0.25) is 0 Å². The zero-order chi connectivity index (χ0) is 16.5. The van der Waals surface area contributed by atoms with Crippen molar-refractivity contribution in [3.05, 3.63) is 66.0 Å². The van der Waals surface area contributed by atoms with Crippen molar-refractivity contribution in [1.82, 2.24) is 4.90 Å². The monoisotopic (exact) mass is 317 g/mol. The van der Waals surface area contributed by atoms with E-state index >= 15 is 0 Å². The molecule has 0 aliphatic carbocycles. The highest BCUT2D eigenvalue weighted by molar-refractivity contribution is 5.21. The van der Waals surface area contributed by atoms with Crippen molar-refractivity contribution in [3.63, 3.8) is 0 Å². The second-order valence-electron chi connectivity index (χ2n) is 5.64. The highest BCUT2D eigenvalue weighted by atomic mass is 19.1. The van der Waals surface area contributed by atoms with Crippen molar-refractivity contribution in [2.75, 3.05) is 19.7 Å². The zero-order valence-electron chi connectivity index (χ0n) is 13.5. The summed E-state index contributed by atoms with van der Waals surface area (Å²) in [5, 5.41) is 10.2. The third-order valence-electron chi connectivity index (χ3n) is 3.51. The minimum Gasteiger partial charge on any atom is -0.491 e. The molecule has 0 amide bonds. The number of nitrogens with zero attached hydrogens (tertiary/aromatic N) is 1. The summed E-state index contributed by atoms with van der Waals surface area (Å²) in [4.78, 5) is 2.16. The van der Waals surface area contributed by atoms with Gasteiger partial charge in [-0.1, -0.05) is 37.3 Å². The first-order valence-corrected chi connectivity index (χ1v) is 8.00. The van der Waals surface area contributed by atoms with Crippen molar-refractivity contribution < 1.29 is 14.2 Å². The van der Waals surface area contributed by atoms with E-state index in [0.717, 1.165) is 24.3 Å². The normalized spacial score (nSPS) is 12.3. The molecule has 2 aromatic carbocycles. The molecule has 0 aromatic heterocycles. The summed E-state index contributed by atoms with van der Waals surface area (Å²) in [7, 11) is 0. The lowest BCUT2D eigenvalue weighted by Gasteiger charge is -2.24. The van der Waals surface area contributed by atoms with E-state index in [-0.39, 0.29) is 12.4 Å². The Morgan fingerprint density at radius 2 is 1.78 bits per heavy atom. The van der Waals surface area contributed by atoms with E-state index < -0.39 is 6.10 Å². The van der Waals surface area contributed by atoms with E-state index in [4.69, 9.17) is 4.74 Å². The number of halogens is 1. The lowest BCUT2D eigenvalue weighted by atomic mass is 10.2. The van der Waals surface area contributed by atoms with E-state index in [0.29, 0.717) is 13.1 Å². The predicted octanol–water partition coefficient (Wildman–Crippen LogP) is 3.48. The third-order valence-corrected chi connectivity index (χ3v) is 3.51. The highest BCUT2D eigenvalue weighted by Gasteiger charge is 2.12. The first kappa shape index (κ1) is 17.4. The number of benzene rings is 2. The van der Waals surface area contributed by atoms with Crippen molar-refractivity contribution in [3.8, 4) is 5.75 Å². The summed E-state index contributed by atoms with van der Waals surface area (Å²) in [5.41, 5.74) is 1.04. The molecular formula is C19H24FNO2. The fraction of sp³-hybridized carbons (Fsp3) is 0.368. The number of ether oxygens (including phenoxy) is 1. The number of hydrogen-bond acceptors (Lipinski definition) is 3. The van der Waals surface area contributed by atoms with Gasteiger partial charge in [-0.2, -0.15) is 0 Å². The smallest absolute Gasteiger partial charge is 0.123 e. The summed E-state index contributed by atoms with van der Waals surface area (Å²) >= 11 is 0. The summed E-state index contributed by atoms with van der Waals surface area (Å²) in [6.45, 7) is 4.45. The molecular weight excluding hydrogens is 293 g/mol. The molecule has 1 atom stereocenters. The van der Waals surface area contributed by atoms with Gasteiger partial charge in [0.1, 0.15) is 24.3 Å². The largest absolute Gasteiger partial charge is 0.491 e. The molecule has 0 heterocycles. The predicted molar refractivity (Wildman–Crippen MR) is 89.9 cm³/mol. The van der Waals surface area contributed by atoms with Crippen LogP contribution in [0.2, 0.25) is 0 Å². The molecule has 0 bridgehead atoms. The van der Waals surface area contributed by atoms with Crippen molar-refractivity contribution >= 4 is 0 Å². The van der Waals surface area contributed by atoms with E-state index in [1.165, 1.54) is 12.1 Å². The minimum absolute atomic E-state index is 0.230. The van der Waals surface area contributed by atoms with Crippen molar-refractivity contribution in [2.45, 2.75) is 26.0 Å². The summed E-state index contributed by atoms with van der Waals surface area (Å²) in [6, 6.07) is 16.0. The van der Waals surface area contributed by atoms with Crippen LogP contribution in [0.3, 0.4) is 0 Å². The Morgan fingerprint density at radius 3 is 2.43 bits per heavy atom. The maximum Gasteiger partial charge on any atom is 0.123 e. The maximum absolute atomic E-state index is 13.0. The number of para-hydroxylation sites is 1. The average molecular weight is 317 g/mol. The highest BCUT2D eigenvalue weighted by Crippen LogP contribution is 2.11.